The third kappa shape index (κ3) is 15.5. The van der Waals surface area contributed by atoms with Gasteiger partial charge in [0.25, 0.3) is 0 Å². The van der Waals surface area contributed by atoms with E-state index < -0.39 is 12.0 Å². The van der Waals surface area contributed by atoms with Crippen molar-refractivity contribution in [2.45, 2.75) is 25.3 Å². The van der Waals surface area contributed by atoms with Crippen molar-refractivity contribution in [3.8, 4) is 0 Å². The van der Waals surface area contributed by atoms with E-state index >= 15 is 0 Å². The summed E-state index contributed by atoms with van der Waals surface area (Å²) in [5, 5.41) is 16.0. The van der Waals surface area contributed by atoms with Crippen LogP contribution in [0.2, 0.25) is 0 Å². The van der Waals surface area contributed by atoms with E-state index in [1.165, 1.54) is 0 Å². The van der Waals surface area contributed by atoms with Gasteiger partial charge in [-0.1, -0.05) is 16.5 Å². The Morgan fingerprint density at radius 3 is 2.33 bits per heavy atom. The standard InChI is InChI=1S/C8H14N2O2S4.Na.Zn/c11-6(12)5(10-8(15)16)3-1-2-4-9-7(13)14;;/h5H,1-4H2,(H,11,12)(H2,9,13,14)(H2,10,15,16);;/q;+1;+2/p-2. The number of carbonyl (C=O) groups excluding carboxylic acids is 1. The minimum Gasteiger partial charge on any atom is -0.548 e. The molecule has 0 aliphatic carbocycles. The van der Waals surface area contributed by atoms with Crippen molar-refractivity contribution < 1.29 is 58.9 Å². The molecule has 0 amide bonds. The zero-order chi connectivity index (χ0) is 12.6. The number of aliphatic carboxylic acids is 1. The van der Waals surface area contributed by atoms with E-state index in [1.807, 2.05) is 0 Å². The number of hydrogen-bond donors (Lipinski definition) is 3. The molecular weight excluding hydrogens is 373 g/mol. The fourth-order valence-electron chi connectivity index (χ4n) is 1.06. The molecule has 0 bridgehead atoms. The number of unbranched alkanes of at least 4 members (excludes halogenated alkanes) is 1. The van der Waals surface area contributed by atoms with E-state index in [0.717, 1.165) is 6.42 Å². The van der Waals surface area contributed by atoms with E-state index in [-0.39, 0.29) is 53.4 Å². The van der Waals surface area contributed by atoms with E-state index in [0.29, 0.717) is 23.7 Å². The van der Waals surface area contributed by atoms with Gasteiger partial charge in [-0.2, -0.15) is 0 Å². The van der Waals surface area contributed by atoms with Crippen molar-refractivity contribution in [1.82, 2.24) is 10.6 Å². The molecule has 10 heteroatoms. The van der Waals surface area contributed by atoms with Gasteiger partial charge in [-0.25, -0.2) is 0 Å². The van der Waals surface area contributed by atoms with Crippen molar-refractivity contribution in [3.05, 3.63) is 0 Å². The molecule has 1 atom stereocenters. The van der Waals surface area contributed by atoms with E-state index in [2.05, 4.69) is 60.3 Å². The molecule has 0 heterocycles. The van der Waals surface area contributed by atoms with Gasteiger partial charge in [0, 0.05) is 6.54 Å². The van der Waals surface area contributed by atoms with E-state index in [1.54, 1.807) is 0 Å². The molecular formula is C8H12N2NaO2S4Zn+. The molecule has 18 heavy (non-hydrogen) atoms. The van der Waals surface area contributed by atoms with Gasteiger partial charge in [0.05, 0.1) is 12.0 Å². The monoisotopic (exact) mass is 383 g/mol. The fourth-order valence-corrected chi connectivity index (χ4v) is 1.56. The van der Waals surface area contributed by atoms with Crippen LogP contribution >= 0.6 is 37.1 Å². The first-order valence-corrected chi connectivity index (χ1v) is 6.26. The summed E-state index contributed by atoms with van der Waals surface area (Å²) in [4.78, 5) is 10.7. The smallest absolute Gasteiger partial charge is 0.548 e. The molecule has 2 N–H and O–H groups in total. The summed E-state index contributed by atoms with van der Waals surface area (Å²) in [7, 11) is 0. The SMILES string of the molecule is O=C([O-])C(CCCCNC(=S)[S-])NC(=S)S.[Na+].[Zn+2]. The molecule has 0 aliphatic rings. The predicted molar refractivity (Wildman–Crippen MR) is 75.3 cm³/mol. The average molecular weight is 385 g/mol. The van der Waals surface area contributed by atoms with Gasteiger partial charge in [0.15, 0.2) is 0 Å². The van der Waals surface area contributed by atoms with Crippen molar-refractivity contribution in [2.75, 3.05) is 6.54 Å². The molecule has 0 aromatic rings. The molecule has 0 radical (unpaired) electrons. The Labute approximate surface area is 164 Å². The maximum atomic E-state index is 10.7. The Balaban J connectivity index is -0.00000112. The van der Waals surface area contributed by atoms with Crippen LogP contribution in [0, 0.1) is 0 Å². The number of nitrogens with one attached hydrogen (secondary N) is 2. The van der Waals surface area contributed by atoms with Crippen LogP contribution in [0.4, 0.5) is 0 Å². The maximum Gasteiger partial charge on any atom is 2.00 e. The first-order chi connectivity index (χ1) is 7.43. The molecule has 0 spiro atoms. The van der Waals surface area contributed by atoms with Crippen LogP contribution < -0.4 is 45.3 Å². The van der Waals surface area contributed by atoms with Crippen LogP contribution in [-0.4, -0.2) is 27.2 Å². The van der Waals surface area contributed by atoms with Gasteiger partial charge >= 0.3 is 49.0 Å². The Morgan fingerprint density at radius 2 is 1.94 bits per heavy atom. The summed E-state index contributed by atoms with van der Waals surface area (Å²) in [6, 6.07) is -0.791. The molecule has 0 aromatic heterocycles. The first kappa shape index (κ1) is 24.5. The molecule has 0 aliphatic heterocycles. The van der Waals surface area contributed by atoms with Crippen molar-refractivity contribution >= 4 is 64.3 Å². The summed E-state index contributed by atoms with van der Waals surface area (Å²) < 4.78 is 0.477. The number of carboxylic acids is 1. The normalized spacial score (nSPS) is 10.3. The molecule has 0 saturated carbocycles. The third-order valence-corrected chi connectivity index (χ3v) is 2.31. The Bertz CT molecular complexity index is 284. The molecule has 0 saturated heterocycles. The molecule has 0 aromatic carbocycles. The molecule has 0 fully saturated rings. The van der Waals surface area contributed by atoms with Crippen LogP contribution in [0.25, 0.3) is 0 Å². The Morgan fingerprint density at radius 1 is 1.39 bits per heavy atom. The minimum absolute atomic E-state index is 0. The third-order valence-electron chi connectivity index (χ3n) is 1.77. The van der Waals surface area contributed by atoms with Crippen LogP contribution in [-0.2, 0) is 36.9 Å². The van der Waals surface area contributed by atoms with E-state index in [4.69, 9.17) is 0 Å². The summed E-state index contributed by atoms with van der Waals surface area (Å²) in [5.74, 6) is -1.18. The van der Waals surface area contributed by atoms with Crippen LogP contribution in [0.1, 0.15) is 19.3 Å². The van der Waals surface area contributed by atoms with Gasteiger partial charge in [-0.05, 0) is 19.3 Å². The van der Waals surface area contributed by atoms with Gasteiger partial charge in [0.1, 0.15) is 4.32 Å². The van der Waals surface area contributed by atoms with Gasteiger partial charge < -0.3 is 45.4 Å². The van der Waals surface area contributed by atoms with Gasteiger partial charge in [0.2, 0.25) is 0 Å². The molecule has 4 nitrogen and oxygen atoms in total. The van der Waals surface area contributed by atoms with Gasteiger partial charge in [-0.15, -0.1) is 12.6 Å². The quantitative estimate of drug-likeness (QED) is 0.138. The zero-order valence-electron chi connectivity index (χ0n) is 10.1. The molecule has 0 rings (SSSR count). The van der Waals surface area contributed by atoms with E-state index in [9.17, 15) is 9.90 Å². The van der Waals surface area contributed by atoms with Crippen molar-refractivity contribution in [1.29, 1.82) is 0 Å². The van der Waals surface area contributed by atoms with Crippen molar-refractivity contribution in [2.24, 2.45) is 0 Å². The number of hydrogen-bond acceptors (Lipinski definition) is 5. The number of thiocarbonyl (C=S) groups is 2. The average Bonchev–Trinajstić information content (AvgIpc) is 2.14. The second-order valence-electron chi connectivity index (χ2n) is 3.03. The summed E-state index contributed by atoms with van der Waals surface area (Å²) >= 11 is 17.8. The zero-order valence-corrected chi connectivity index (χ0v) is 18.4. The maximum absolute atomic E-state index is 10.7. The first-order valence-electron chi connectivity index (χ1n) is 4.58. The topological polar surface area (TPSA) is 64.2 Å². The van der Waals surface area contributed by atoms with Crippen LogP contribution in [0.5, 0.6) is 0 Å². The second-order valence-corrected chi connectivity index (χ2v) is 5.26. The Hall–Kier alpha value is 1.44. The summed E-state index contributed by atoms with van der Waals surface area (Å²) in [5.41, 5.74) is 0. The minimum atomic E-state index is -1.18. The fraction of sp³-hybridized carbons (Fsp3) is 0.625. The Kier molecular flexibility index (Phi) is 20.2. The summed E-state index contributed by atoms with van der Waals surface area (Å²) in [6.45, 7) is 0.646. The van der Waals surface area contributed by atoms with Crippen LogP contribution in [0.3, 0.4) is 0 Å². The molecule has 92 valence electrons. The number of carboxylic acid groups (broad SMARTS) is 1. The number of carbonyl (C=O) groups is 1. The predicted octanol–water partition coefficient (Wildman–Crippen LogP) is -3.50. The largest absolute Gasteiger partial charge is 2.00 e. The second kappa shape index (κ2) is 14.8. The van der Waals surface area contributed by atoms with Gasteiger partial charge in [-0.3, -0.25) is 0 Å². The molecule has 1 unspecified atom stereocenters. The van der Waals surface area contributed by atoms with Crippen LogP contribution in [0.15, 0.2) is 0 Å². The number of thiol groups is 1. The summed E-state index contributed by atoms with van der Waals surface area (Å²) in [6.07, 6.45) is 1.91. The van der Waals surface area contributed by atoms with Crippen molar-refractivity contribution in [3.63, 3.8) is 0 Å². The number of rotatable bonds is 7.